The molecule has 1 N–H and O–H groups in total. The lowest BCUT2D eigenvalue weighted by Gasteiger charge is -2.25. The number of carbonyl (C=O) groups is 1. The molecule has 1 atom stereocenters. The first-order valence-electron chi connectivity index (χ1n) is 6.20. The van der Waals surface area contributed by atoms with Crippen molar-refractivity contribution in [3.8, 4) is 0 Å². The smallest absolute Gasteiger partial charge is 0.255 e. The van der Waals surface area contributed by atoms with E-state index >= 15 is 0 Å². The minimum Gasteiger partial charge on any atom is -0.335 e. The van der Waals surface area contributed by atoms with Crippen LogP contribution in [-0.4, -0.2) is 22.8 Å². The third kappa shape index (κ3) is 3.08. The van der Waals surface area contributed by atoms with Crippen LogP contribution in [-0.2, 0) is 0 Å². The molecular weight excluding hydrogens is 276 g/mol. The number of benzene rings is 1. The molecule has 1 amide bonds. The van der Waals surface area contributed by atoms with Crippen LogP contribution in [0.4, 0.5) is 0 Å². The Kier molecular flexibility index (Phi) is 4.25. The van der Waals surface area contributed by atoms with Crippen LogP contribution in [0, 0.1) is 0 Å². The number of aromatic amines is 1. The van der Waals surface area contributed by atoms with Gasteiger partial charge in [0.05, 0.1) is 11.6 Å². The zero-order valence-corrected chi connectivity index (χ0v) is 12.0. The molecule has 0 saturated heterocycles. The number of carbonyl (C=O) groups excluding carboxylic acids is 1. The first-order valence-corrected chi connectivity index (χ1v) is 6.58. The van der Waals surface area contributed by atoms with E-state index in [1.54, 1.807) is 18.0 Å². The molecule has 1 unspecified atom stereocenters. The monoisotopic (exact) mass is 290 g/mol. The molecule has 2 rings (SSSR count). The second-order valence-electron chi connectivity index (χ2n) is 4.59. The fourth-order valence-electron chi connectivity index (χ4n) is 1.91. The number of H-pyrrole nitrogens is 1. The number of hydrogen-bond acceptors (Lipinski definition) is 2. The molecule has 0 radical (unpaired) electrons. The fourth-order valence-corrected chi connectivity index (χ4v) is 2.11. The summed E-state index contributed by atoms with van der Waals surface area (Å²) in [6, 6.07) is 10.1. The molecule has 1 aromatic carbocycles. The van der Waals surface area contributed by atoms with Crippen LogP contribution in [0.1, 0.15) is 28.9 Å². The summed E-state index contributed by atoms with van der Waals surface area (Å²) >= 11 is 5.96. The first-order chi connectivity index (χ1) is 9.49. The molecule has 0 aliphatic heterocycles. The summed E-state index contributed by atoms with van der Waals surface area (Å²) in [6.45, 7) is 1.93. The van der Waals surface area contributed by atoms with Crippen LogP contribution >= 0.6 is 11.6 Å². The van der Waals surface area contributed by atoms with Crippen molar-refractivity contribution in [2.45, 2.75) is 13.0 Å². The van der Waals surface area contributed by atoms with Gasteiger partial charge in [-0.3, -0.25) is 9.59 Å². The third-order valence-corrected chi connectivity index (χ3v) is 3.50. The predicted molar refractivity (Wildman–Crippen MR) is 79.0 cm³/mol. The summed E-state index contributed by atoms with van der Waals surface area (Å²) < 4.78 is 0. The second kappa shape index (κ2) is 5.92. The number of pyridine rings is 1. The Balaban J connectivity index is 2.22. The highest BCUT2D eigenvalue weighted by atomic mass is 35.5. The van der Waals surface area contributed by atoms with Gasteiger partial charge >= 0.3 is 0 Å². The third-order valence-electron chi connectivity index (χ3n) is 3.26. The van der Waals surface area contributed by atoms with Crippen LogP contribution in [0.15, 0.2) is 47.4 Å². The average Bonchev–Trinajstić information content (AvgIpc) is 2.46. The minimum absolute atomic E-state index is 0.117. The number of hydrogen-bond donors (Lipinski definition) is 1. The summed E-state index contributed by atoms with van der Waals surface area (Å²) in [5.41, 5.74) is 1.17. The minimum atomic E-state index is -0.230. The Morgan fingerprint density at radius 2 is 2.05 bits per heavy atom. The van der Waals surface area contributed by atoms with Crippen LogP contribution in [0.25, 0.3) is 0 Å². The highest BCUT2D eigenvalue weighted by Gasteiger charge is 2.19. The van der Waals surface area contributed by atoms with E-state index in [9.17, 15) is 9.59 Å². The molecule has 1 heterocycles. The molecule has 0 aliphatic carbocycles. The van der Waals surface area contributed by atoms with Crippen molar-refractivity contribution in [3.63, 3.8) is 0 Å². The molecule has 0 bridgehead atoms. The van der Waals surface area contributed by atoms with Crippen LogP contribution < -0.4 is 5.56 Å². The zero-order valence-electron chi connectivity index (χ0n) is 11.3. The molecule has 104 valence electrons. The number of amides is 1. The lowest BCUT2D eigenvalue weighted by Crippen LogP contribution is -2.30. The van der Waals surface area contributed by atoms with Gasteiger partial charge in [0.1, 0.15) is 0 Å². The Morgan fingerprint density at radius 1 is 1.30 bits per heavy atom. The standard InChI is InChI=1S/C15H15ClN2O2/c1-10(11-4-3-5-13(16)8-11)18(2)15(20)12-6-7-14(19)17-9-12/h3-10H,1-2H3,(H,17,19). The first kappa shape index (κ1) is 14.3. The second-order valence-corrected chi connectivity index (χ2v) is 5.03. The molecule has 0 spiro atoms. The van der Waals surface area contributed by atoms with Crippen LogP contribution in [0.2, 0.25) is 5.02 Å². The van der Waals surface area contributed by atoms with Crippen molar-refractivity contribution in [2.75, 3.05) is 7.05 Å². The van der Waals surface area contributed by atoms with Gasteiger partial charge in [-0.25, -0.2) is 0 Å². The molecular formula is C15H15ClN2O2. The Hall–Kier alpha value is -2.07. The summed E-state index contributed by atoms with van der Waals surface area (Å²) in [6.07, 6.45) is 1.42. The van der Waals surface area contributed by atoms with E-state index in [1.807, 2.05) is 25.1 Å². The maximum Gasteiger partial charge on any atom is 0.255 e. The summed E-state index contributed by atoms with van der Waals surface area (Å²) in [5, 5.41) is 0.638. The van der Waals surface area contributed by atoms with Crippen molar-refractivity contribution < 1.29 is 4.79 Å². The largest absolute Gasteiger partial charge is 0.335 e. The summed E-state index contributed by atoms with van der Waals surface area (Å²) in [5.74, 6) is -0.159. The van der Waals surface area contributed by atoms with E-state index in [0.29, 0.717) is 10.6 Å². The number of nitrogens with zero attached hydrogens (tertiary/aromatic N) is 1. The lowest BCUT2D eigenvalue weighted by atomic mass is 10.1. The number of aromatic nitrogens is 1. The van der Waals surface area contributed by atoms with Gasteiger partial charge in [-0.2, -0.15) is 0 Å². The van der Waals surface area contributed by atoms with Crippen molar-refractivity contribution in [3.05, 3.63) is 69.1 Å². The van der Waals surface area contributed by atoms with E-state index in [2.05, 4.69) is 4.98 Å². The molecule has 0 saturated carbocycles. The summed E-state index contributed by atoms with van der Waals surface area (Å²) in [7, 11) is 1.72. The van der Waals surface area contributed by atoms with Crippen LogP contribution in [0.5, 0.6) is 0 Å². The highest BCUT2D eigenvalue weighted by molar-refractivity contribution is 6.30. The van der Waals surface area contributed by atoms with Crippen LogP contribution in [0.3, 0.4) is 0 Å². The number of halogens is 1. The van der Waals surface area contributed by atoms with E-state index < -0.39 is 0 Å². The molecule has 0 fully saturated rings. The van der Waals surface area contributed by atoms with E-state index in [0.717, 1.165) is 5.56 Å². The fraction of sp³-hybridized carbons (Fsp3) is 0.200. The van der Waals surface area contributed by atoms with Crippen molar-refractivity contribution in [1.82, 2.24) is 9.88 Å². The quantitative estimate of drug-likeness (QED) is 0.945. The summed E-state index contributed by atoms with van der Waals surface area (Å²) in [4.78, 5) is 27.4. The molecule has 1 aromatic heterocycles. The van der Waals surface area contributed by atoms with Gasteiger partial charge in [-0.05, 0) is 30.7 Å². The van der Waals surface area contributed by atoms with E-state index in [1.165, 1.54) is 18.3 Å². The van der Waals surface area contributed by atoms with E-state index in [-0.39, 0.29) is 17.5 Å². The lowest BCUT2D eigenvalue weighted by molar-refractivity contribution is 0.0742. The topological polar surface area (TPSA) is 53.2 Å². The predicted octanol–water partition coefficient (Wildman–Crippen LogP) is 2.86. The normalized spacial score (nSPS) is 11.9. The van der Waals surface area contributed by atoms with E-state index in [4.69, 9.17) is 11.6 Å². The molecule has 4 nitrogen and oxygen atoms in total. The van der Waals surface area contributed by atoms with Gasteiger partial charge in [0, 0.05) is 24.3 Å². The van der Waals surface area contributed by atoms with Crippen molar-refractivity contribution in [2.24, 2.45) is 0 Å². The van der Waals surface area contributed by atoms with Gasteiger partial charge in [0.2, 0.25) is 5.56 Å². The molecule has 0 aliphatic rings. The Labute approximate surface area is 122 Å². The molecule has 20 heavy (non-hydrogen) atoms. The maximum atomic E-state index is 12.3. The van der Waals surface area contributed by atoms with Crippen molar-refractivity contribution in [1.29, 1.82) is 0 Å². The van der Waals surface area contributed by atoms with Gasteiger partial charge < -0.3 is 9.88 Å². The Bertz CT molecular complexity index is 661. The SMILES string of the molecule is CC(c1cccc(Cl)c1)N(C)C(=O)c1ccc(=O)[nH]c1. The number of rotatable bonds is 3. The Morgan fingerprint density at radius 3 is 2.65 bits per heavy atom. The van der Waals surface area contributed by atoms with Gasteiger partial charge in [-0.1, -0.05) is 23.7 Å². The average molecular weight is 291 g/mol. The molecule has 2 aromatic rings. The van der Waals surface area contributed by atoms with Gasteiger partial charge in [0.15, 0.2) is 0 Å². The molecule has 5 heteroatoms. The zero-order chi connectivity index (χ0) is 14.7. The van der Waals surface area contributed by atoms with Crippen molar-refractivity contribution >= 4 is 17.5 Å². The number of nitrogens with one attached hydrogen (secondary N) is 1. The maximum absolute atomic E-state index is 12.3. The van der Waals surface area contributed by atoms with Gasteiger partial charge in [0.25, 0.3) is 5.91 Å². The highest BCUT2D eigenvalue weighted by Crippen LogP contribution is 2.23. The van der Waals surface area contributed by atoms with Gasteiger partial charge in [-0.15, -0.1) is 0 Å².